The number of anilines is 1. The third-order valence-corrected chi connectivity index (χ3v) is 3.27. The summed E-state index contributed by atoms with van der Waals surface area (Å²) in [6, 6.07) is 4.30. The van der Waals surface area contributed by atoms with Crippen molar-refractivity contribution in [3.63, 3.8) is 0 Å². The molecule has 0 aliphatic heterocycles. The number of carbonyl (C=O) groups excluding carboxylic acids is 1. The molecule has 7 nitrogen and oxygen atoms in total. The third-order valence-electron chi connectivity index (χ3n) is 2.49. The number of hydrogen-bond donors (Lipinski definition) is 2. The highest BCUT2D eigenvalue weighted by molar-refractivity contribution is 7.84. The van der Waals surface area contributed by atoms with Gasteiger partial charge < -0.3 is 10.6 Å². The van der Waals surface area contributed by atoms with Crippen LogP contribution in [0.2, 0.25) is 0 Å². The smallest absolute Gasteiger partial charge is 0.282 e. The van der Waals surface area contributed by atoms with Crippen LogP contribution in [-0.4, -0.2) is 40.1 Å². The van der Waals surface area contributed by atoms with E-state index in [0.29, 0.717) is 18.0 Å². The molecule has 0 aliphatic carbocycles. The fourth-order valence-corrected chi connectivity index (χ4v) is 1.98. The van der Waals surface area contributed by atoms with Crippen LogP contribution in [0.3, 0.4) is 0 Å². The van der Waals surface area contributed by atoms with Crippen molar-refractivity contribution in [2.75, 3.05) is 30.4 Å². The number of nitrogens with one attached hydrogen (secondary N) is 2. The van der Waals surface area contributed by atoms with Crippen molar-refractivity contribution < 1.29 is 13.9 Å². The zero-order valence-electron chi connectivity index (χ0n) is 11.3. The van der Waals surface area contributed by atoms with Crippen LogP contribution in [0.4, 0.5) is 11.4 Å². The molecule has 1 unspecified atom stereocenters. The maximum atomic E-state index is 12.0. The average molecular weight is 299 g/mol. The van der Waals surface area contributed by atoms with Gasteiger partial charge in [-0.2, -0.15) is 0 Å². The van der Waals surface area contributed by atoms with Gasteiger partial charge >= 0.3 is 0 Å². The molecule has 110 valence electrons. The Bertz CT molecular complexity index is 533. The SMILES string of the molecule is CCNc1ccc([N+](=O)[O-])c(C(=O)NCCS(C)=O)c1. The van der Waals surface area contributed by atoms with Gasteiger partial charge in [0.15, 0.2) is 0 Å². The molecule has 0 heterocycles. The lowest BCUT2D eigenvalue weighted by Crippen LogP contribution is -2.28. The molecule has 8 heteroatoms. The Kier molecular flexibility index (Phi) is 6.10. The first kappa shape index (κ1) is 16.1. The fraction of sp³-hybridized carbons (Fsp3) is 0.417. The lowest BCUT2D eigenvalue weighted by atomic mass is 10.1. The molecular weight excluding hydrogens is 282 g/mol. The highest BCUT2D eigenvalue weighted by Gasteiger charge is 2.20. The molecule has 0 spiro atoms. The van der Waals surface area contributed by atoms with E-state index >= 15 is 0 Å². The number of rotatable bonds is 7. The molecule has 0 bridgehead atoms. The summed E-state index contributed by atoms with van der Waals surface area (Å²) >= 11 is 0. The lowest BCUT2D eigenvalue weighted by Gasteiger charge is -2.08. The molecule has 0 saturated carbocycles. The minimum absolute atomic E-state index is 0.00432. The zero-order chi connectivity index (χ0) is 15.1. The van der Waals surface area contributed by atoms with E-state index in [0.717, 1.165) is 0 Å². The summed E-state index contributed by atoms with van der Waals surface area (Å²) in [5, 5.41) is 16.5. The number of nitrogens with zero attached hydrogens (tertiary/aromatic N) is 1. The second kappa shape index (κ2) is 7.59. The Hall–Kier alpha value is -1.96. The summed E-state index contributed by atoms with van der Waals surface area (Å²) < 4.78 is 10.9. The van der Waals surface area contributed by atoms with Crippen molar-refractivity contribution in [2.24, 2.45) is 0 Å². The van der Waals surface area contributed by atoms with E-state index in [4.69, 9.17) is 0 Å². The van der Waals surface area contributed by atoms with Crippen molar-refractivity contribution in [3.8, 4) is 0 Å². The van der Waals surface area contributed by atoms with Gasteiger partial charge in [-0.05, 0) is 19.1 Å². The number of benzene rings is 1. The Balaban J connectivity index is 2.93. The number of nitro benzene ring substituents is 1. The van der Waals surface area contributed by atoms with Crippen LogP contribution in [-0.2, 0) is 10.8 Å². The Labute approximate surface area is 119 Å². The van der Waals surface area contributed by atoms with Crippen molar-refractivity contribution in [3.05, 3.63) is 33.9 Å². The standard InChI is InChI=1S/C12H17N3O4S/c1-3-13-9-4-5-11(15(17)18)10(8-9)12(16)14-6-7-20(2)19/h4-5,8,13H,3,6-7H2,1-2H3,(H,14,16). The van der Waals surface area contributed by atoms with E-state index in [-0.39, 0.29) is 17.8 Å². The summed E-state index contributed by atoms with van der Waals surface area (Å²) in [6.45, 7) is 2.75. The van der Waals surface area contributed by atoms with Gasteiger partial charge in [-0.25, -0.2) is 0 Å². The monoisotopic (exact) mass is 299 g/mol. The fourth-order valence-electron chi connectivity index (χ4n) is 1.59. The summed E-state index contributed by atoms with van der Waals surface area (Å²) in [5.74, 6) is -0.228. The van der Waals surface area contributed by atoms with Crippen LogP contribution in [0, 0.1) is 10.1 Å². The second-order valence-electron chi connectivity index (χ2n) is 4.05. The second-order valence-corrected chi connectivity index (χ2v) is 5.61. The van der Waals surface area contributed by atoms with Gasteiger partial charge in [0.05, 0.1) is 4.92 Å². The molecule has 1 aromatic carbocycles. The van der Waals surface area contributed by atoms with Gasteiger partial charge in [0.1, 0.15) is 5.56 Å². The third kappa shape index (κ3) is 4.61. The predicted molar refractivity (Wildman–Crippen MR) is 78.5 cm³/mol. The molecule has 1 aromatic rings. The maximum Gasteiger partial charge on any atom is 0.282 e. The lowest BCUT2D eigenvalue weighted by molar-refractivity contribution is -0.385. The van der Waals surface area contributed by atoms with Crippen LogP contribution in [0.15, 0.2) is 18.2 Å². The minimum atomic E-state index is -1.02. The topological polar surface area (TPSA) is 101 Å². The number of nitro groups is 1. The maximum absolute atomic E-state index is 12.0. The first-order valence-corrected chi connectivity index (χ1v) is 7.79. The first-order chi connectivity index (χ1) is 9.45. The summed E-state index contributed by atoms with van der Waals surface area (Å²) in [5.41, 5.74) is 0.388. The Morgan fingerprint density at radius 1 is 1.45 bits per heavy atom. The van der Waals surface area contributed by atoms with Crippen molar-refractivity contribution in [1.29, 1.82) is 0 Å². The van der Waals surface area contributed by atoms with Crippen LogP contribution in [0.25, 0.3) is 0 Å². The van der Waals surface area contributed by atoms with Gasteiger partial charge in [0, 0.05) is 47.7 Å². The van der Waals surface area contributed by atoms with Gasteiger partial charge in [0.25, 0.3) is 11.6 Å². The molecule has 1 amide bonds. The van der Waals surface area contributed by atoms with Crippen molar-refractivity contribution >= 4 is 28.1 Å². The molecule has 1 rings (SSSR count). The average Bonchev–Trinajstić information content (AvgIpc) is 2.38. The molecule has 0 aromatic heterocycles. The van der Waals surface area contributed by atoms with Crippen molar-refractivity contribution in [2.45, 2.75) is 6.92 Å². The van der Waals surface area contributed by atoms with E-state index in [1.807, 2.05) is 6.92 Å². The number of hydrogen-bond acceptors (Lipinski definition) is 5. The molecule has 2 N–H and O–H groups in total. The van der Waals surface area contributed by atoms with E-state index in [2.05, 4.69) is 10.6 Å². The van der Waals surface area contributed by atoms with Gasteiger partial charge in [-0.3, -0.25) is 19.1 Å². The molecule has 20 heavy (non-hydrogen) atoms. The molecule has 0 fully saturated rings. The predicted octanol–water partition coefficient (Wildman–Crippen LogP) is 1.13. The van der Waals surface area contributed by atoms with E-state index in [1.165, 1.54) is 18.4 Å². The van der Waals surface area contributed by atoms with Crippen LogP contribution >= 0.6 is 0 Å². The minimum Gasteiger partial charge on any atom is -0.385 e. The van der Waals surface area contributed by atoms with Crippen LogP contribution in [0.1, 0.15) is 17.3 Å². The summed E-state index contributed by atoms with van der Waals surface area (Å²) in [6.07, 6.45) is 1.53. The van der Waals surface area contributed by atoms with Gasteiger partial charge in [-0.15, -0.1) is 0 Å². The van der Waals surface area contributed by atoms with E-state index in [1.54, 1.807) is 6.07 Å². The highest BCUT2D eigenvalue weighted by atomic mass is 32.2. The van der Waals surface area contributed by atoms with Crippen LogP contribution in [0.5, 0.6) is 0 Å². The first-order valence-electron chi connectivity index (χ1n) is 6.06. The van der Waals surface area contributed by atoms with Gasteiger partial charge in [0.2, 0.25) is 0 Å². The molecule has 0 radical (unpaired) electrons. The highest BCUT2D eigenvalue weighted by Crippen LogP contribution is 2.22. The molecule has 1 atom stereocenters. The Morgan fingerprint density at radius 2 is 2.15 bits per heavy atom. The van der Waals surface area contributed by atoms with Crippen molar-refractivity contribution in [1.82, 2.24) is 5.32 Å². The largest absolute Gasteiger partial charge is 0.385 e. The molecular formula is C12H17N3O4S. The number of carbonyl (C=O) groups is 1. The Morgan fingerprint density at radius 3 is 2.70 bits per heavy atom. The van der Waals surface area contributed by atoms with Crippen LogP contribution < -0.4 is 10.6 Å². The van der Waals surface area contributed by atoms with E-state index < -0.39 is 21.6 Å². The normalized spacial score (nSPS) is 11.7. The summed E-state index contributed by atoms with van der Waals surface area (Å²) in [7, 11) is -1.02. The quantitative estimate of drug-likeness (QED) is 0.580. The molecule has 0 aliphatic rings. The van der Waals surface area contributed by atoms with E-state index in [9.17, 15) is 19.1 Å². The molecule has 0 saturated heterocycles. The zero-order valence-corrected chi connectivity index (χ0v) is 12.2. The van der Waals surface area contributed by atoms with Gasteiger partial charge in [-0.1, -0.05) is 0 Å². The summed E-state index contributed by atoms with van der Waals surface area (Å²) in [4.78, 5) is 22.3. The number of amides is 1.